The predicted octanol–water partition coefficient (Wildman–Crippen LogP) is 6.42. The van der Waals surface area contributed by atoms with Crippen molar-refractivity contribution in [2.45, 2.75) is 91.7 Å². The summed E-state index contributed by atoms with van der Waals surface area (Å²) in [6.07, 6.45) is 10.7. The van der Waals surface area contributed by atoms with Crippen LogP contribution in [0.2, 0.25) is 0 Å². The molecule has 32 heavy (non-hydrogen) atoms. The minimum absolute atomic E-state index is 0.115. The first-order valence-corrected chi connectivity index (χ1v) is 13.0. The summed E-state index contributed by atoms with van der Waals surface area (Å²) < 4.78 is 0. The quantitative estimate of drug-likeness (QED) is 0.520. The van der Waals surface area contributed by atoms with Gasteiger partial charge in [0.15, 0.2) is 0 Å². The van der Waals surface area contributed by atoms with Crippen molar-refractivity contribution in [1.82, 2.24) is 0 Å². The molecule has 1 heterocycles. The molecule has 3 saturated carbocycles. The van der Waals surface area contributed by atoms with E-state index in [1.165, 1.54) is 54.6 Å². The Morgan fingerprint density at radius 3 is 2.66 bits per heavy atom. The Balaban J connectivity index is 1.35. The van der Waals surface area contributed by atoms with Crippen molar-refractivity contribution in [3.63, 3.8) is 0 Å². The number of hydrogen-bond donors (Lipinski definition) is 1. The van der Waals surface area contributed by atoms with Gasteiger partial charge in [-0.15, -0.1) is 0 Å². The molecule has 0 spiro atoms. The molecule has 8 atom stereocenters. The Morgan fingerprint density at radius 2 is 1.88 bits per heavy atom. The monoisotopic (exact) mass is 432 g/mol. The molecule has 0 saturated heterocycles. The number of nitrogens with zero attached hydrogens (tertiary/aromatic N) is 2. The summed E-state index contributed by atoms with van der Waals surface area (Å²) in [4.78, 5) is 0. The van der Waals surface area contributed by atoms with Crippen LogP contribution in [0.4, 0.5) is 5.69 Å². The summed E-state index contributed by atoms with van der Waals surface area (Å²) in [6, 6.07) is 7.35. The maximum Gasteiger partial charge on any atom is 0.0626 e. The van der Waals surface area contributed by atoms with Crippen LogP contribution < -0.4 is 5.01 Å². The van der Waals surface area contributed by atoms with Crippen LogP contribution in [0.25, 0.3) is 0 Å². The summed E-state index contributed by atoms with van der Waals surface area (Å²) in [5.74, 6) is 2.94. The molecule has 1 aliphatic heterocycles. The first kappa shape index (κ1) is 21.0. The number of hydrogen-bond acceptors (Lipinski definition) is 3. The summed E-state index contributed by atoms with van der Waals surface area (Å²) in [7, 11) is 0. The van der Waals surface area contributed by atoms with E-state index in [4.69, 9.17) is 5.10 Å². The SMILES string of the molecule is CC1=NN(c2ccc(C)cc2C)[C@@H]2C[C@H]3[C@@H]4CC=C5C[C@@H](O)CC[C@]5(C)[C@H]4CC[C@]3(C)[C@H]12. The van der Waals surface area contributed by atoms with Gasteiger partial charge in [-0.25, -0.2) is 0 Å². The van der Waals surface area contributed by atoms with Crippen LogP contribution >= 0.6 is 0 Å². The zero-order valence-corrected chi connectivity index (χ0v) is 20.6. The van der Waals surface area contributed by atoms with Crippen LogP contribution in [0.5, 0.6) is 0 Å². The zero-order valence-electron chi connectivity index (χ0n) is 20.6. The third-order valence-corrected chi connectivity index (χ3v) is 10.7. The molecule has 1 aromatic carbocycles. The van der Waals surface area contributed by atoms with Gasteiger partial charge in [-0.05, 0) is 106 Å². The van der Waals surface area contributed by atoms with Crippen LogP contribution in [0.15, 0.2) is 34.9 Å². The van der Waals surface area contributed by atoms with Gasteiger partial charge < -0.3 is 5.11 Å². The lowest BCUT2D eigenvalue weighted by Gasteiger charge is -2.57. The van der Waals surface area contributed by atoms with E-state index in [0.29, 0.717) is 22.8 Å². The van der Waals surface area contributed by atoms with Gasteiger partial charge in [-0.1, -0.05) is 43.2 Å². The van der Waals surface area contributed by atoms with Crippen LogP contribution in [0.3, 0.4) is 0 Å². The first-order valence-electron chi connectivity index (χ1n) is 13.0. The highest BCUT2D eigenvalue weighted by Crippen LogP contribution is 2.67. The highest BCUT2D eigenvalue weighted by molar-refractivity contribution is 5.90. The standard InChI is InChI=1S/C29H40N2O/c1-17-6-9-25(18(2)14-17)31-26-16-24-22-8-7-20-15-21(32)10-12-28(20,4)23(22)11-13-29(24,5)27(26)19(3)30-31/h6-7,9,14,21-24,26-27,32H,8,10-13,15-16H2,1-5H3/t21-,22+,23-,24-,26+,27+,28-,29-/m0/s1. The summed E-state index contributed by atoms with van der Waals surface area (Å²) in [5.41, 5.74) is 7.60. The molecule has 0 aromatic heterocycles. The van der Waals surface area contributed by atoms with Gasteiger partial charge in [0, 0.05) is 11.6 Å². The molecule has 3 nitrogen and oxygen atoms in total. The minimum Gasteiger partial charge on any atom is -0.393 e. The second kappa shape index (κ2) is 6.95. The van der Waals surface area contributed by atoms with Gasteiger partial charge in [-0.3, -0.25) is 5.01 Å². The average molecular weight is 433 g/mol. The molecule has 0 radical (unpaired) electrons. The van der Waals surface area contributed by atoms with Crippen molar-refractivity contribution >= 4 is 11.4 Å². The zero-order chi connectivity index (χ0) is 22.4. The maximum absolute atomic E-state index is 10.3. The second-order valence-electron chi connectivity index (χ2n) is 12.4. The highest BCUT2D eigenvalue weighted by atomic mass is 16.3. The highest BCUT2D eigenvalue weighted by Gasteiger charge is 2.64. The molecule has 0 bridgehead atoms. The van der Waals surface area contributed by atoms with Crippen molar-refractivity contribution in [3.8, 4) is 0 Å². The fourth-order valence-corrected chi connectivity index (χ4v) is 9.25. The van der Waals surface area contributed by atoms with Gasteiger partial charge >= 0.3 is 0 Å². The van der Waals surface area contributed by atoms with E-state index in [9.17, 15) is 5.11 Å². The van der Waals surface area contributed by atoms with E-state index in [0.717, 1.165) is 30.6 Å². The van der Waals surface area contributed by atoms with E-state index in [-0.39, 0.29) is 6.10 Å². The maximum atomic E-state index is 10.3. The second-order valence-corrected chi connectivity index (χ2v) is 12.4. The molecule has 0 unspecified atom stereocenters. The number of aryl methyl sites for hydroxylation is 2. The molecular formula is C29H40N2O. The number of aliphatic hydroxyl groups is 1. The molecule has 172 valence electrons. The largest absolute Gasteiger partial charge is 0.393 e. The third kappa shape index (κ3) is 2.73. The lowest BCUT2D eigenvalue weighted by atomic mass is 9.47. The normalized spacial score (nSPS) is 44.9. The van der Waals surface area contributed by atoms with E-state index in [1.54, 1.807) is 5.57 Å². The summed E-state index contributed by atoms with van der Waals surface area (Å²) in [6.45, 7) is 11.9. The van der Waals surface area contributed by atoms with Crippen LogP contribution in [-0.2, 0) is 0 Å². The number of fused-ring (bicyclic) bond motifs is 7. The smallest absolute Gasteiger partial charge is 0.0626 e. The van der Waals surface area contributed by atoms with Gasteiger partial charge in [0.05, 0.1) is 17.8 Å². The fourth-order valence-electron chi connectivity index (χ4n) is 9.25. The molecule has 3 fully saturated rings. The van der Waals surface area contributed by atoms with Crippen molar-refractivity contribution in [1.29, 1.82) is 0 Å². The van der Waals surface area contributed by atoms with Gasteiger partial charge in [-0.2, -0.15) is 5.10 Å². The predicted molar refractivity (Wildman–Crippen MR) is 132 cm³/mol. The lowest BCUT2D eigenvalue weighted by Crippen LogP contribution is -2.50. The van der Waals surface area contributed by atoms with E-state index in [1.807, 2.05) is 0 Å². The topological polar surface area (TPSA) is 35.8 Å². The van der Waals surface area contributed by atoms with E-state index < -0.39 is 0 Å². The molecular weight excluding hydrogens is 392 g/mol. The average Bonchev–Trinajstić information content (AvgIpc) is 3.23. The van der Waals surface area contributed by atoms with Crippen molar-refractivity contribution in [2.24, 2.45) is 39.6 Å². The van der Waals surface area contributed by atoms with Crippen molar-refractivity contribution in [2.75, 3.05) is 5.01 Å². The molecule has 6 rings (SSSR count). The Kier molecular flexibility index (Phi) is 4.55. The first-order chi connectivity index (χ1) is 15.2. The fraction of sp³-hybridized carbons (Fsp3) is 0.690. The van der Waals surface area contributed by atoms with Crippen LogP contribution in [-0.4, -0.2) is 23.0 Å². The lowest BCUT2D eigenvalue weighted by molar-refractivity contribution is -0.0422. The van der Waals surface area contributed by atoms with E-state index in [2.05, 4.69) is 63.9 Å². The van der Waals surface area contributed by atoms with Gasteiger partial charge in [0.25, 0.3) is 0 Å². The van der Waals surface area contributed by atoms with Crippen molar-refractivity contribution in [3.05, 3.63) is 41.0 Å². The van der Waals surface area contributed by atoms with Gasteiger partial charge in [0.1, 0.15) is 0 Å². The number of rotatable bonds is 1. The molecule has 4 aliphatic carbocycles. The van der Waals surface area contributed by atoms with Crippen molar-refractivity contribution < 1.29 is 5.11 Å². The van der Waals surface area contributed by atoms with E-state index >= 15 is 0 Å². The molecule has 1 aromatic rings. The number of anilines is 1. The number of hydrazone groups is 1. The summed E-state index contributed by atoms with van der Waals surface area (Å²) >= 11 is 0. The number of aliphatic hydroxyl groups excluding tert-OH is 1. The Morgan fingerprint density at radius 1 is 1.06 bits per heavy atom. The third-order valence-electron chi connectivity index (χ3n) is 10.7. The number of allylic oxidation sites excluding steroid dienone is 1. The molecule has 5 aliphatic rings. The Labute approximate surface area is 194 Å². The molecule has 3 heteroatoms. The van der Waals surface area contributed by atoms with Crippen LogP contribution in [0.1, 0.15) is 76.8 Å². The van der Waals surface area contributed by atoms with Gasteiger partial charge in [0.2, 0.25) is 0 Å². The number of benzene rings is 1. The molecule has 0 amide bonds. The summed E-state index contributed by atoms with van der Waals surface area (Å²) in [5, 5.41) is 17.9. The minimum atomic E-state index is -0.115. The van der Waals surface area contributed by atoms with Crippen LogP contribution in [0, 0.1) is 48.3 Å². The Bertz CT molecular complexity index is 1010. The molecule has 1 N–H and O–H groups in total. The Hall–Kier alpha value is -1.61.